The molecule has 0 amide bonds. The van der Waals surface area contributed by atoms with Crippen molar-refractivity contribution in [2.45, 2.75) is 6.42 Å². The standard InChI is InChI=1S/C16H16O3S.F6P/c1-18-16(17)19-15-8-6-14(7-9-15)13-4-2-12(3-5-13)10-11-20;1-7(2,3,4,5)6/h2-9,20H,10-11H2,1H3;/q;-1/p+1. The van der Waals surface area contributed by atoms with Gasteiger partial charge in [-0.1, -0.05) is 36.4 Å². The van der Waals surface area contributed by atoms with Crippen molar-refractivity contribution in [1.29, 1.82) is 0 Å². The molecule has 0 N–H and O–H groups in total. The van der Waals surface area contributed by atoms with Crippen LogP contribution in [0.2, 0.25) is 0 Å². The zero-order valence-corrected chi connectivity index (χ0v) is 15.9. The van der Waals surface area contributed by atoms with Gasteiger partial charge in [0.25, 0.3) is 0 Å². The van der Waals surface area contributed by atoms with E-state index in [1.807, 2.05) is 12.1 Å². The summed E-state index contributed by atoms with van der Waals surface area (Å²) in [5.74, 6) is 1.43. The topological polar surface area (TPSA) is 35.5 Å². The fourth-order valence-corrected chi connectivity index (χ4v) is 2.15. The first kappa shape index (κ1) is 23.1. The van der Waals surface area contributed by atoms with Crippen LogP contribution in [0.5, 0.6) is 5.75 Å². The van der Waals surface area contributed by atoms with E-state index in [4.69, 9.17) is 4.74 Å². The number of ether oxygens (including phenoxy) is 2. The van der Waals surface area contributed by atoms with Gasteiger partial charge in [0, 0.05) is 6.42 Å². The van der Waals surface area contributed by atoms with Crippen LogP contribution in [0.1, 0.15) is 5.56 Å². The summed E-state index contributed by atoms with van der Waals surface area (Å²) in [5, 5.41) is 0. The molecular weight excluding hydrogens is 417 g/mol. The second-order valence-corrected chi connectivity index (χ2v) is 7.65. The predicted molar refractivity (Wildman–Crippen MR) is 97.2 cm³/mol. The molecular formula is C16H17F6O3PS. The first-order chi connectivity index (χ1) is 12.2. The van der Waals surface area contributed by atoms with Gasteiger partial charge in [-0.05, 0) is 41.5 Å². The second kappa shape index (κ2) is 7.98. The van der Waals surface area contributed by atoms with Gasteiger partial charge in [0.2, 0.25) is 0 Å². The summed E-state index contributed by atoms with van der Waals surface area (Å²) in [6.07, 6.45) is 0.306. The fraction of sp³-hybridized carbons (Fsp3) is 0.188. The first-order valence-corrected chi connectivity index (χ1v) is 10.1. The van der Waals surface area contributed by atoms with E-state index in [0.717, 1.165) is 23.3 Å². The van der Waals surface area contributed by atoms with Crippen LogP contribution in [0.3, 0.4) is 0 Å². The summed E-state index contributed by atoms with van der Waals surface area (Å²) in [4.78, 5) is 11.0. The third-order valence-corrected chi connectivity index (χ3v) is 3.17. The average Bonchev–Trinajstić information content (AvgIpc) is 2.54. The van der Waals surface area contributed by atoms with Crippen LogP contribution < -0.4 is 4.74 Å². The van der Waals surface area contributed by atoms with Gasteiger partial charge in [0.1, 0.15) is 11.5 Å². The maximum absolute atomic E-state index is 11.0. The van der Waals surface area contributed by atoms with Gasteiger partial charge < -0.3 is 9.47 Å². The van der Waals surface area contributed by atoms with Gasteiger partial charge in [0.15, 0.2) is 0 Å². The Morgan fingerprint density at radius 2 is 1.30 bits per heavy atom. The molecule has 27 heavy (non-hydrogen) atoms. The Kier molecular flexibility index (Phi) is 6.83. The van der Waals surface area contributed by atoms with E-state index >= 15 is 0 Å². The summed E-state index contributed by atoms with van der Waals surface area (Å²) in [6, 6.07) is 15.7. The van der Waals surface area contributed by atoms with Gasteiger partial charge in [-0.2, -0.15) is 0 Å². The van der Waals surface area contributed by atoms with E-state index in [1.165, 1.54) is 12.7 Å². The molecule has 152 valence electrons. The molecule has 0 bridgehead atoms. The Hall–Kier alpha value is -1.93. The molecule has 0 aliphatic carbocycles. The maximum atomic E-state index is 11.0. The van der Waals surface area contributed by atoms with Crippen LogP contribution in [-0.4, -0.2) is 19.0 Å². The predicted octanol–water partition coefficient (Wildman–Crippen LogP) is 6.44. The molecule has 0 saturated carbocycles. The van der Waals surface area contributed by atoms with Crippen molar-refractivity contribution in [3.63, 3.8) is 0 Å². The molecule has 0 heterocycles. The number of hydrogen-bond acceptors (Lipinski definition) is 3. The van der Waals surface area contributed by atoms with Crippen LogP contribution in [0.15, 0.2) is 48.5 Å². The molecule has 0 aliphatic heterocycles. The molecule has 0 fully saturated rings. The Morgan fingerprint density at radius 3 is 1.67 bits per heavy atom. The second-order valence-electron chi connectivity index (χ2n) is 5.24. The van der Waals surface area contributed by atoms with Gasteiger partial charge in [-0.15, -0.1) is 0 Å². The van der Waals surface area contributed by atoms with Crippen molar-refractivity contribution < 1.29 is 39.4 Å². The van der Waals surface area contributed by atoms with Crippen molar-refractivity contribution in [1.82, 2.24) is 0 Å². The van der Waals surface area contributed by atoms with Crippen molar-refractivity contribution in [2.24, 2.45) is 0 Å². The van der Waals surface area contributed by atoms with Crippen LogP contribution in [0, 0.1) is 0 Å². The third kappa shape index (κ3) is 12.1. The number of benzene rings is 2. The zero-order chi connectivity index (χ0) is 20.8. The molecule has 3 nitrogen and oxygen atoms in total. The number of hydrogen-bond donors (Lipinski definition) is 0. The summed E-state index contributed by atoms with van der Waals surface area (Å²) in [6.45, 7) is 0. The summed E-state index contributed by atoms with van der Waals surface area (Å²) in [5.41, 5.74) is 3.51. The van der Waals surface area contributed by atoms with Crippen molar-refractivity contribution in [3.05, 3.63) is 54.1 Å². The normalized spacial score (nSPS) is 13.5. The van der Waals surface area contributed by atoms with Gasteiger partial charge >= 0.3 is 39.1 Å². The fourth-order valence-electron chi connectivity index (χ4n) is 1.86. The third-order valence-electron chi connectivity index (χ3n) is 2.92. The average molecular weight is 434 g/mol. The zero-order valence-electron chi connectivity index (χ0n) is 14.0. The van der Waals surface area contributed by atoms with Crippen molar-refractivity contribution in [2.75, 3.05) is 12.9 Å². The number of aryl methyl sites for hydroxylation is 1. The molecule has 0 saturated heterocycles. The monoisotopic (exact) mass is 434 g/mol. The molecule has 11 heteroatoms. The molecule has 0 radical (unpaired) electrons. The quantitative estimate of drug-likeness (QED) is 0.183. The van der Waals surface area contributed by atoms with E-state index in [-0.39, 0.29) is 0 Å². The van der Waals surface area contributed by atoms with Gasteiger partial charge in [-0.25, -0.2) is 4.79 Å². The Morgan fingerprint density at radius 1 is 0.889 bits per heavy atom. The molecule has 0 atom stereocenters. The van der Waals surface area contributed by atoms with Gasteiger partial charge in [0.05, 0.1) is 7.11 Å². The number of carbonyl (C=O) groups excluding carboxylic acids is 1. The Balaban J connectivity index is 0.000000445. The van der Waals surface area contributed by atoms with E-state index in [0.29, 0.717) is 5.75 Å². The van der Waals surface area contributed by atoms with E-state index < -0.39 is 14.0 Å². The van der Waals surface area contributed by atoms with Crippen molar-refractivity contribution in [3.8, 4) is 16.9 Å². The Bertz CT molecular complexity index is 750. The number of carbonyl (C=O) groups is 1. The number of halogens is 6. The van der Waals surface area contributed by atoms with Crippen LogP contribution in [-0.2, 0) is 23.8 Å². The molecule has 2 aromatic carbocycles. The van der Waals surface area contributed by atoms with Crippen LogP contribution in [0.25, 0.3) is 11.1 Å². The molecule has 2 aromatic rings. The van der Waals surface area contributed by atoms with Crippen LogP contribution >= 0.6 is 7.81 Å². The molecule has 2 rings (SSSR count). The van der Waals surface area contributed by atoms with E-state index in [1.54, 1.807) is 12.1 Å². The van der Waals surface area contributed by atoms with Gasteiger partial charge in [-0.3, -0.25) is 0 Å². The molecule has 0 aromatic heterocycles. The molecule has 0 spiro atoms. The number of methoxy groups -OCH3 is 1. The van der Waals surface area contributed by atoms with Crippen LogP contribution in [0.4, 0.5) is 30.0 Å². The summed E-state index contributed by atoms with van der Waals surface area (Å²) >= 11 is 3.48. The van der Waals surface area contributed by atoms with E-state index in [2.05, 4.69) is 41.6 Å². The number of rotatable bonds is 4. The van der Waals surface area contributed by atoms with E-state index in [9.17, 15) is 30.0 Å². The minimum atomic E-state index is -10.7. The first-order valence-electron chi connectivity index (χ1n) is 7.34. The van der Waals surface area contributed by atoms with Crippen molar-refractivity contribution >= 4 is 26.6 Å². The summed E-state index contributed by atoms with van der Waals surface area (Å²) < 4.78 is 68.6. The molecule has 0 unspecified atom stereocenters. The summed E-state index contributed by atoms with van der Waals surface area (Å²) in [7, 11) is -9.37. The minimum absolute atomic E-state index is 0.469. The Labute approximate surface area is 156 Å². The SMILES string of the molecule is COC(=O)Oc1ccc(-c2ccc(CC[SH2+])cc2)cc1.F[P-](F)(F)(F)(F)F. The molecule has 0 aliphatic rings.